The van der Waals surface area contributed by atoms with Crippen LogP contribution in [0.4, 0.5) is 18.9 Å². The maximum absolute atomic E-state index is 12.6. The predicted molar refractivity (Wildman–Crippen MR) is 94.9 cm³/mol. The number of primary amides is 1. The van der Waals surface area contributed by atoms with Gasteiger partial charge in [-0.1, -0.05) is 6.07 Å². The van der Waals surface area contributed by atoms with Gasteiger partial charge in [0.1, 0.15) is 6.10 Å². The number of aryl methyl sites for hydroxylation is 1. The van der Waals surface area contributed by atoms with Crippen LogP contribution in [-0.4, -0.2) is 30.1 Å². The van der Waals surface area contributed by atoms with Gasteiger partial charge < -0.3 is 15.4 Å². The van der Waals surface area contributed by atoms with E-state index < -0.39 is 17.6 Å². The van der Waals surface area contributed by atoms with Crippen molar-refractivity contribution in [2.75, 3.05) is 18.0 Å². The second kappa shape index (κ2) is 7.09. The van der Waals surface area contributed by atoms with Crippen LogP contribution >= 0.6 is 0 Å². The van der Waals surface area contributed by atoms with Gasteiger partial charge in [0.05, 0.1) is 23.4 Å². The summed E-state index contributed by atoms with van der Waals surface area (Å²) in [4.78, 5) is 17.6. The number of hydrogen-bond donors (Lipinski definition) is 1. The summed E-state index contributed by atoms with van der Waals surface area (Å²) < 4.78 is 43.6. The smallest absolute Gasteiger partial charge is 0.417 e. The Kier molecular flexibility index (Phi) is 4.99. The number of carbonyl (C=O) groups is 1. The van der Waals surface area contributed by atoms with Crippen molar-refractivity contribution in [3.05, 3.63) is 52.7 Å². The zero-order chi connectivity index (χ0) is 19.8. The van der Waals surface area contributed by atoms with E-state index in [1.807, 2.05) is 24.8 Å². The molecule has 1 aromatic heterocycles. The number of nitrogens with zero attached hydrogens (tertiary/aromatic N) is 2. The Morgan fingerprint density at radius 3 is 2.59 bits per heavy atom. The largest absolute Gasteiger partial charge is 0.472 e. The van der Waals surface area contributed by atoms with E-state index in [0.717, 1.165) is 29.1 Å². The Labute approximate surface area is 154 Å². The number of halogens is 3. The minimum Gasteiger partial charge on any atom is -0.472 e. The summed E-state index contributed by atoms with van der Waals surface area (Å²) in [5.74, 6) is -0.354. The third kappa shape index (κ3) is 3.99. The predicted octanol–water partition coefficient (Wildman–Crippen LogP) is 3.47. The first-order valence-corrected chi connectivity index (χ1v) is 8.51. The van der Waals surface area contributed by atoms with E-state index in [1.54, 1.807) is 6.07 Å². The van der Waals surface area contributed by atoms with E-state index in [2.05, 4.69) is 4.98 Å². The number of alkyl halides is 3. The Morgan fingerprint density at radius 2 is 2.00 bits per heavy atom. The van der Waals surface area contributed by atoms with Crippen molar-refractivity contribution in [3.63, 3.8) is 0 Å². The van der Waals surface area contributed by atoms with Crippen LogP contribution in [0.2, 0.25) is 0 Å². The average molecular weight is 379 g/mol. The molecule has 0 radical (unpaired) electrons. The lowest BCUT2D eigenvalue weighted by molar-refractivity contribution is -0.137. The molecule has 0 saturated carbocycles. The van der Waals surface area contributed by atoms with E-state index in [4.69, 9.17) is 10.5 Å². The van der Waals surface area contributed by atoms with Gasteiger partial charge in [-0.25, -0.2) is 4.98 Å². The molecule has 0 aliphatic carbocycles. The van der Waals surface area contributed by atoms with Crippen molar-refractivity contribution >= 4 is 11.6 Å². The first-order valence-electron chi connectivity index (χ1n) is 8.51. The van der Waals surface area contributed by atoms with E-state index in [9.17, 15) is 18.0 Å². The highest BCUT2D eigenvalue weighted by molar-refractivity contribution is 5.99. The van der Waals surface area contributed by atoms with E-state index in [0.29, 0.717) is 25.1 Å². The molecule has 8 heteroatoms. The minimum atomic E-state index is -4.43. The molecule has 2 N–H and O–H groups in total. The molecule has 1 aliphatic rings. The monoisotopic (exact) mass is 379 g/mol. The van der Waals surface area contributed by atoms with Crippen LogP contribution < -0.4 is 15.4 Å². The number of ether oxygens (including phenoxy) is 1. The highest BCUT2D eigenvalue weighted by Crippen LogP contribution is 2.32. The molecular weight excluding hydrogens is 359 g/mol. The Balaban J connectivity index is 1.74. The van der Waals surface area contributed by atoms with Gasteiger partial charge in [-0.05, 0) is 37.1 Å². The number of aromatic nitrogens is 1. The summed E-state index contributed by atoms with van der Waals surface area (Å²) >= 11 is 0. The number of rotatable bonds is 4. The highest BCUT2D eigenvalue weighted by atomic mass is 19.4. The van der Waals surface area contributed by atoms with Crippen molar-refractivity contribution in [3.8, 4) is 5.88 Å². The SMILES string of the molecule is Cc1ccc(C(N)=O)c(N2CCC(Oc3ccc(C(F)(F)F)cn3)C2)c1C. The molecule has 1 unspecified atom stereocenters. The number of hydrogen-bond acceptors (Lipinski definition) is 4. The van der Waals surface area contributed by atoms with Crippen molar-refractivity contribution in [2.24, 2.45) is 5.73 Å². The molecule has 1 fully saturated rings. The Bertz CT molecular complexity index is 851. The lowest BCUT2D eigenvalue weighted by Gasteiger charge is -2.24. The lowest BCUT2D eigenvalue weighted by atomic mass is 10.0. The van der Waals surface area contributed by atoms with Gasteiger partial charge in [-0.3, -0.25) is 4.79 Å². The summed E-state index contributed by atoms with van der Waals surface area (Å²) in [5.41, 5.74) is 7.95. The number of amides is 1. The summed E-state index contributed by atoms with van der Waals surface area (Å²) in [5, 5.41) is 0. The van der Waals surface area contributed by atoms with Crippen molar-refractivity contribution in [2.45, 2.75) is 32.5 Å². The maximum Gasteiger partial charge on any atom is 0.417 e. The topological polar surface area (TPSA) is 68.5 Å². The lowest BCUT2D eigenvalue weighted by Crippen LogP contribution is -2.28. The van der Waals surface area contributed by atoms with Crippen LogP contribution in [0, 0.1) is 13.8 Å². The fourth-order valence-electron chi connectivity index (χ4n) is 3.22. The molecule has 0 spiro atoms. The van der Waals surface area contributed by atoms with Crippen LogP contribution in [0.25, 0.3) is 0 Å². The zero-order valence-electron chi connectivity index (χ0n) is 15.0. The van der Waals surface area contributed by atoms with Gasteiger partial charge in [0.15, 0.2) is 0 Å². The van der Waals surface area contributed by atoms with Crippen molar-refractivity contribution in [1.82, 2.24) is 4.98 Å². The standard InChI is InChI=1S/C19H20F3N3O2/c1-11-3-5-15(18(23)26)17(12(11)2)25-8-7-14(10-25)27-16-6-4-13(9-24-16)19(20,21)22/h3-6,9,14H,7-8,10H2,1-2H3,(H2,23,26). The van der Waals surface area contributed by atoms with Gasteiger partial charge in [0, 0.05) is 25.2 Å². The minimum absolute atomic E-state index is 0.144. The second-order valence-electron chi connectivity index (χ2n) is 6.63. The molecule has 27 heavy (non-hydrogen) atoms. The molecule has 1 aromatic carbocycles. The first-order chi connectivity index (χ1) is 12.7. The summed E-state index contributed by atoms with van der Waals surface area (Å²) in [6.07, 6.45) is -3.25. The average Bonchev–Trinajstić information content (AvgIpc) is 3.04. The second-order valence-corrected chi connectivity index (χ2v) is 6.63. The number of pyridine rings is 1. The highest BCUT2D eigenvalue weighted by Gasteiger charge is 2.32. The van der Waals surface area contributed by atoms with E-state index >= 15 is 0 Å². The quantitative estimate of drug-likeness (QED) is 0.883. The summed E-state index contributed by atoms with van der Waals surface area (Å²) in [7, 11) is 0. The van der Waals surface area contributed by atoms with Crippen LogP contribution in [0.5, 0.6) is 5.88 Å². The normalized spacial score (nSPS) is 17.2. The fourth-order valence-corrected chi connectivity index (χ4v) is 3.22. The van der Waals surface area contributed by atoms with Crippen molar-refractivity contribution < 1.29 is 22.7 Å². The molecule has 1 atom stereocenters. The zero-order valence-corrected chi connectivity index (χ0v) is 15.0. The van der Waals surface area contributed by atoms with Crippen LogP contribution in [-0.2, 0) is 6.18 Å². The molecule has 5 nitrogen and oxygen atoms in total. The van der Waals surface area contributed by atoms with Gasteiger partial charge >= 0.3 is 6.18 Å². The molecule has 1 aliphatic heterocycles. The molecule has 2 heterocycles. The Morgan fingerprint density at radius 1 is 1.26 bits per heavy atom. The van der Waals surface area contributed by atoms with Gasteiger partial charge in [-0.15, -0.1) is 0 Å². The number of carbonyl (C=O) groups excluding carboxylic acids is 1. The van der Waals surface area contributed by atoms with Crippen molar-refractivity contribution in [1.29, 1.82) is 0 Å². The molecule has 1 saturated heterocycles. The summed E-state index contributed by atoms with van der Waals surface area (Å²) in [6, 6.07) is 5.74. The first kappa shape index (κ1) is 19.0. The van der Waals surface area contributed by atoms with Crippen LogP contribution in [0.15, 0.2) is 30.5 Å². The fraction of sp³-hybridized carbons (Fsp3) is 0.368. The molecule has 144 valence electrons. The van der Waals surface area contributed by atoms with E-state index in [-0.39, 0.29) is 12.0 Å². The van der Waals surface area contributed by atoms with Gasteiger partial charge in [0.25, 0.3) is 5.91 Å². The van der Waals surface area contributed by atoms with Crippen LogP contribution in [0.3, 0.4) is 0 Å². The molecule has 2 aromatic rings. The Hall–Kier alpha value is -2.77. The van der Waals surface area contributed by atoms with Gasteiger partial charge in [0.2, 0.25) is 5.88 Å². The number of benzene rings is 1. The van der Waals surface area contributed by atoms with Gasteiger partial charge in [-0.2, -0.15) is 13.2 Å². The molecule has 3 rings (SSSR count). The number of nitrogens with two attached hydrogens (primary N) is 1. The van der Waals surface area contributed by atoms with Crippen LogP contribution in [0.1, 0.15) is 33.5 Å². The molecular formula is C19H20F3N3O2. The van der Waals surface area contributed by atoms with E-state index in [1.165, 1.54) is 6.07 Å². The third-order valence-corrected chi connectivity index (χ3v) is 4.78. The maximum atomic E-state index is 12.6. The third-order valence-electron chi connectivity index (χ3n) is 4.78. The molecule has 0 bridgehead atoms. The molecule has 1 amide bonds. The number of anilines is 1. The summed E-state index contributed by atoms with van der Waals surface area (Å²) in [6.45, 7) is 5.03.